The molecule has 0 saturated heterocycles. The number of nitrogens with one attached hydrogen (secondary N) is 1. The lowest BCUT2D eigenvalue weighted by molar-refractivity contribution is 0.116. The molecule has 0 aliphatic heterocycles. The lowest BCUT2D eigenvalue weighted by atomic mass is 9.93. The summed E-state index contributed by atoms with van der Waals surface area (Å²) < 4.78 is 0. The second-order valence-corrected chi connectivity index (χ2v) is 3.69. The number of nitrogens with zero attached hydrogens (tertiary/aromatic N) is 2. The van der Waals surface area contributed by atoms with Crippen LogP contribution in [0.4, 0.5) is 5.82 Å². The van der Waals surface area contributed by atoms with Crippen molar-refractivity contribution in [3.8, 4) is 0 Å². The topological polar surface area (TPSA) is 58.0 Å². The van der Waals surface area contributed by atoms with Crippen LogP contribution in [0, 0.1) is 0 Å². The first kappa shape index (κ1) is 9.40. The Kier molecular flexibility index (Phi) is 2.93. The molecule has 0 amide bonds. The molecule has 76 valence electrons. The van der Waals surface area contributed by atoms with Crippen molar-refractivity contribution >= 4 is 5.82 Å². The highest BCUT2D eigenvalue weighted by atomic mass is 16.3. The third kappa shape index (κ3) is 2.20. The summed E-state index contributed by atoms with van der Waals surface area (Å²) in [5.41, 5.74) is 0. The van der Waals surface area contributed by atoms with Gasteiger partial charge in [-0.15, -0.1) is 0 Å². The highest BCUT2D eigenvalue weighted by molar-refractivity contribution is 5.32. The number of aromatic nitrogens is 2. The minimum Gasteiger partial charge on any atom is -0.391 e. The van der Waals surface area contributed by atoms with Crippen molar-refractivity contribution in [1.82, 2.24) is 9.97 Å². The van der Waals surface area contributed by atoms with Gasteiger partial charge in [0.25, 0.3) is 0 Å². The zero-order valence-electron chi connectivity index (χ0n) is 8.06. The van der Waals surface area contributed by atoms with Crippen LogP contribution < -0.4 is 5.32 Å². The Morgan fingerprint density at radius 1 is 1.29 bits per heavy atom. The number of hydrogen-bond donors (Lipinski definition) is 2. The SMILES string of the molecule is O[C@@H]1CCCC[C@@H]1Nc1cnccn1. The normalized spacial score (nSPS) is 27.2. The van der Waals surface area contributed by atoms with Crippen molar-refractivity contribution in [3.63, 3.8) is 0 Å². The average Bonchev–Trinajstić information content (AvgIpc) is 2.23. The van der Waals surface area contributed by atoms with E-state index in [1.54, 1.807) is 18.6 Å². The fraction of sp³-hybridized carbons (Fsp3) is 0.600. The lowest BCUT2D eigenvalue weighted by Gasteiger charge is -2.28. The van der Waals surface area contributed by atoms with E-state index in [0.717, 1.165) is 25.1 Å². The first-order chi connectivity index (χ1) is 6.86. The Hall–Kier alpha value is -1.16. The largest absolute Gasteiger partial charge is 0.391 e. The van der Waals surface area contributed by atoms with E-state index in [4.69, 9.17) is 0 Å². The molecule has 14 heavy (non-hydrogen) atoms. The summed E-state index contributed by atoms with van der Waals surface area (Å²) in [5, 5.41) is 12.9. The van der Waals surface area contributed by atoms with Gasteiger partial charge in [0.1, 0.15) is 5.82 Å². The third-order valence-corrected chi connectivity index (χ3v) is 2.63. The maximum Gasteiger partial charge on any atom is 0.144 e. The Bertz CT molecular complexity index is 278. The molecule has 0 bridgehead atoms. The smallest absolute Gasteiger partial charge is 0.144 e. The molecule has 0 spiro atoms. The number of aliphatic hydroxyl groups excluding tert-OH is 1. The van der Waals surface area contributed by atoms with Crippen LogP contribution >= 0.6 is 0 Å². The third-order valence-electron chi connectivity index (χ3n) is 2.63. The van der Waals surface area contributed by atoms with Crippen molar-refractivity contribution in [2.45, 2.75) is 37.8 Å². The summed E-state index contributed by atoms with van der Waals surface area (Å²) in [6, 6.07) is 0.139. The fourth-order valence-corrected chi connectivity index (χ4v) is 1.84. The van der Waals surface area contributed by atoms with E-state index >= 15 is 0 Å². The van der Waals surface area contributed by atoms with Gasteiger partial charge in [-0.3, -0.25) is 4.98 Å². The van der Waals surface area contributed by atoms with Gasteiger partial charge in [0.05, 0.1) is 18.3 Å². The van der Waals surface area contributed by atoms with Crippen LogP contribution in [-0.2, 0) is 0 Å². The van der Waals surface area contributed by atoms with Crippen molar-refractivity contribution < 1.29 is 5.11 Å². The Morgan fingerprint density at radius 2 is 2.14 bits per heavy atom. The molecule has 1 heterocycles. The molecule has 0 radical (unpaired) electrons. The van der Waals surface area contributed by atoms with Gasteiger partial charge in [-0.25, -0.2) is 4.98 Å². The molecule has 2 atom stereocenters. The summed E-state index contributed by atoms with van der Waals surface area (Å²) in [4.78, 5) is 8.09. The van der Waals surface area contributed by atoms with Gasteiger partial charge in [0, 0.05) is 12.4 Å². The van der Waals surface area contributed by atoms with Gasteiger partial charge >= 0.3 is 0 Å². The molecule has 1 aromatic rings. The summed E-state index contributed by atoms with van der Waals surface area (Å²) in [6.07, 6.45) is 8.93. The fourth-order valence-electron chi connectivity index (χ4n) is 1.84. The van der Waals surface area contributed by atoms with Crippen LogP contribution in [0.2, 0.25) is 0 Å². The van der Waals surface area contributed by atoms with Crippen molar-refractivity contribution in [3.05, 3.63) is 18.6 Å². The second-order valence-electron chi connectivity index (χ2n) is 3.69. The number of hydrogen-bond acceptors (Lipinski definition) is 4. The van der Waals surface area contributed by atoms with Crippen LogP contribution in [0.1, 0.15) is 25.7 Å². The molecule has 2 rings (SSSR count). The van der Waals surface area contributed by atoms with E-state index in [1.807, 2.05) is 0 Å². The molecule has 1 saturated carbocycles. The number of rotatable bonds is 2. The molecule has 1 aliphatic carbocycles. The maximum atomic E-state index is 9.72. The van der Waals surface area contributed by atoms with Gasteiger partial charge < -0.3 is 10.4 Å². The molecule has 0 unspecified atom stereocenters. The summed E-state index contributed by atoms with van der Waals surface area (Å²) in [5.74, 6) is 0.749. The van der Waals surface area contributed by atoms with Crippen molar-refractivity contribution in [1.29, 1.82) is 0 Å². The Morgan fingerprint density at radius 3 is 2.86 bits per heavy atom. The van der Waals surface area contributed by atoms with Crippen LogP contribution in [-0.4, -0.2) is 27.2 Å². The average molecular weight is 193 g/mol. The molecule has 1 aromatic heterocycles. The molecule has 2 N–H and O–H groups in total. The van der Waals surface area contributed by atoms with Crippen LogP contribution in [0.15, 0.2) is 18.6 Å². The minimum atomic E-state index is -0.245. The second kappa shape index (κ2) is 4.37. The summed E-state index contributed by atoms with van der Waals surface area (Å²) in [7, 11) is 0. The quantitative estimate of drug-likeness (QED) is 0.740. The van der Waals surface area contributed by atoms with Gasteiger partial charge in [-0.1, -0.05) is 12.8 Å². The standard InChI is InChI=1S/C10H15N3O/c14-9-4-2-1-3-8(9)13-10-7-11-5-6-12-10/h5-9,14H,1-4H2,(H,12,13)/t8-,9+/m0/s1. The van der Waals surface area contributed by atoms with E-state index < -0.39 is 0 Å². The van der Waals surface area contributed by atoms with Crippen molar-refractivity contribution in [2.24, 2.45) is 0 Å². The van der Waals surface area contributed by atoms with E-state index in [1.165, 1.54) is 6.42 Å². The maximum absolute atomic E-state index is 9.72. The number of anilines is 1. The first-order valence-corrected chi connectivity index (χ1v) is 5.07. The van der Waals surface area contributed by atoms with Gasteiger partial charge in [-0.05, 0) is 12.8 Å². The van der Waals surface area contributed by atoms with E-state index in [9.17, 15) is 5.11 Å². The molecule has 0 aromatic carbocycles. The van der Waals surface area contributed by atoms with E-state index in [2.05, 4.69) is 15.3 Å². The molecular formula is C10H15N3O. The molecule has 4 heteroatoms. The Balaban J connectivity index is 1.96. The minimum absolute atomic E-state index is 0.139. The predicted octanol–water partition coefficient (Wildman–Crippen LogP) is 1.19. The van der Waals surface area contributed by atoms with Crippen LogP contribution in [0.25, 0.3) is 0 Å². The van der Waals surface area contributed by atoms with Crippen LogP contribution in [0.5, 0.6) is 0 Å². The Labute approximate surface area is 83.4 Å². The molecule has 1 fully saturated rings. The highest BCUT2D eigenvalue weighted by Crippen LogP contribution is 2.20. The predicted molar refractivity (Wildman–Crippen MR) is 53.9 cm³/mol. The van der Waals surface area contributed by atoms with E-state index in [-0.39, 0.29) is 12.1 Å². The molecule has 4 nitrogen and oxygen atoms in total. The monoisotopic (exact) mass is 193 g/mol. The summed E-state index contributed by atoms with van der Waals surface area (Å²) >= 11 is 0. The summed E-state index contributed by atoms with van der Waals surface area (Å²) in [6.45, 7) is 0. The van der Waals surface area contributed by atoms with Crippen LogP contribution in [0.3, 0.4) is 0 Å². The first-order valence-electron chi connectivity index (χ1n) is 5.07. The highest BCUT2D eigenvalue weighted by Gasteiger charge is 2.22. The van der Waals surface area contributed by atoms with Gasteiger partial charge in [0.15, 0.2) is 0 Å². The van der Waals surface area contributed by atoms with Crippen molar-refractivity contribution in [2.75, 3.05) is 5.32 Å². The lowest BCUT2D eigenvalue weighted by Crippen LogP contribution is -2.36. The zero-order chi connectivity index (χ0) is 9.80. The molecular weight excluding hydrogens is 178 g/mol. The van der Waals surface area contributed by atoms with Gasteiger partial charge in [0.2, 0.25) is 0 Å². The number of aliphatic hydroxyl groups is 1. The van der Waals surface area contributed by atoms with Gasteiger partial charge in [-0.2, -0.15) is 0 Å². The molecule has 1 aliphatic rings. The zero-order valence-corrected chi connectivity index (χ0v) is 8.06. The van der Waals surface area contributed by atoms with E-state index in [0.29, 0.717) is 0 Å².